The highest BCUT2D eigenvalue weighted by Gasteiger charge is 2.22. The SMILES string of the molecule is CNC1CCCCC1NCc1cccc(OC)c1. The third-order valence-electron chi connectivity index (χ3n) is 3.84. The molecule has 2 unspecified atom stereocenters. The summed E-state index contributed by atoms with van der Waals surface area (Å²) in [4.78, 5) is 0. The molecule has 0 aromatic heterocycles. The molecule has 0 bridgehead atoms. The first-order chi connectivity index (χ1) is 8.83. The Balaban J connectivity index is 1.89. The first-order valence-corrected chi connectivity index (χ1v) is 6.87. The Morgan fingerprint density at radius 1 is 1.22 bits per heavy atom. The van der Waals surface area contributed by atoms with Gasteiger partial charge in [0.15, 0.2) is 0 Å². The van der Waals surface area contributed by atoms with Crippen LogP contribution in [0.4, 0.5) is 0 Å². The van der Waals surface area contributed by atoms with Crippen molar-refractivity contribution in [2.24, 2.45) is 0 Å². The molecule has 18 heavy (non-hydrogen) atoms. The number of nitrogens with one attached hydrogen (secondary N) is 2. The Hall–Kier alpha value is -1.06. The van der Waals surface area contributed by atoms with E-state index in [-0.39, 0.29) is 0 Å². The molecule has 0 radical (unpaired) electrons. The van der Waals surface area contributed by atoms with Crippen LogP contribution in [-0.4, -0.2) is 26.2 Å². The van der Waals surface area contributed by atoms with Crippen molar-refractivity contribution in [3.05, 3.63) is 29.8 Å². The average Bonchev–Trinajstić information content (AvgIpc) is 2.45. The topological polar surface area (TPSA) is 33.3 Å². The van der Waals surface area contributed by atoms with Crippen molar-refractivity contribution in [3.63, 3.8) is 0 Å². The second-order valence-corrected chi connectivity index (χ2v) is 5.02. The lowest BCUT2D eigenvalue weighted by Crippen LogP contribution is -2.48. The molecule has 1 aromatic carbocycles. The normalized spacial score (nSPS) is 23.9. The van der Waals surface area contributed by atoms with Crippen LogP contribution in [0.2, 0.25) is 0 Å². The van der Waals surface area contributed by atoms with E-state index in [9.17, 15) is 0 Å². The van der Waals surface area contributed by atoms with Gasteiger partial charge in [-0.1, -0.05) is 25.0 Å². The molecular formula is C15H24N2O. The zero-order valence-electron chi connectivity index (χ0n) is 11.4. The maximum Gasteiger partial charge on any atom is 0.119 e. The highest BCUT2D eigenvalue weighted by atomic mass is 16.5. The van der Waals surface area contributed by atoms with E-state index in [2.05, 4.69) is 29.8 Å². The molecule has 0 spiro atoms. The van der Waals surface area contributed by atoms with Crippen LogP contribution in [0, 0.1) is 0 Å². The quantitative estimate of drug-likeness (QED) is 0.839. The van der Waals surface area contributed by atoms with E-state index in [1.165, 1.54) is 31.2 Å². The minimum absolute atomic E-state index is 0.593. The maximum absolute atomic E-state index is 5.25. The fourth-order valence-corrected chi connectivity index (χ4v) is 2.75. The third kappa shape index (κ3) is 3.47. The molecule has 3 heteroatoms. The molecule has 1 aliphatic rings. The van der Waals surface area contributed by atoms with Crippen LogP contribution < -0.4 is 15.4 Å². The van der Waals surface area contributed by atoms with Gasteiger partial charge in [0, 0.05) is 18.6 Å². The van der Waals surface area contributed by atoms with Crippen LogP contribution in [0.5, 0.6) is 5.75 Å². The third-order valence-corrected chi connectivity index (χ3v) is 3.84. The van der Waals surface area contributed by atoms with E-state index < -0.39 is 0 Å². The van der Waals surface area contributed by atoms with Crippen molar-refractivity contribution in [1.29, 1.82) is 0 Å². The monoisotopic (exact) mass is 248 g/mol. The molecule has 0 heterocycles. The number of benzene rings is 1. The number of ether oxygens (including phenoxy) is 1. The first kappa shape index (κ1) is 13.4. The van der Waals surface area contributed by atoms with Gasteiger partial charge in [-0.3, -0.25) is 0 Å². The molecule has 2 N–H and O–H groups in total. The predicted molar refractivity (Wildman–Crippen MR) is 74.9 cm³/mol. The number of hydrogen-bond acceptors (Lipinski definition) is 3. The summed E-state index contributed by atoms with van der Waals surface area (Å²) in [6.45, 7) is 0.917. The van der Waals surface area contributed by atoms with Gasteiger partial charge >= 0.3 is 0 Å². The summed E-state index contributed by atoms with van der Waals surface area (Å²) in [5.74, 6) is 0.933. The first-order valence-electron chi connectivity index (χ1n) is 6.87. The summed E-state index contributed by atoms with van der Waals surface area (Å²) in [6.07, 6.45) is 5.25. The van der Waals surface area contributed by atoms with Crippen LogP contribution in [0.15, 0.2) is 24.3 Å². The second-order valence-electron chi connectivity index (χ2n) is 5.02. The highest BCUT2D eigenvalue weighted by molar-refractivity contribution is 5.28. The van der Waals surface area contributed by atoms with Crippen LogP contribution in [0.25, 0.3) is 0 Å². The van der Waals surface area contributed by atoms with Gasteiger partial charge in [0.2, 0.25) is 0 Å². The molecular weight excluding hydrogens is 224 g/mol. The van der Waals surface area contributed by atoms with Crippen LogP contribution in [0.1, 0.15) is 31.2 Å². The maximum atomic E-state index is 5.25. The van der Waals surface area contributed by atoms with Crippen LogP contribution in [-0.2, 0) is 6.54 Å². The molecule has 0 amide bonds. The Kier molecular flexibility index (Phi) is 5.02. The van der Waals surface area contributed by atoms with Gasteiger partial charge in [-0.2, -0.15) is 0 Å². The number of methoxy groups -OCH3 is 1. The minimum atomic E-state index is 0.593. The van der Waals surface area contributed by atoms with Crippen LogP contribution >= 0.6 is 0 Å². The molecule has 2 atom stereocenters. The van der Waals surface area contributed by atoms with Crippen molar-refractivity contribution >= 4 is 0 Å². The molecule has 100 valence electrons. The van der Waals surface area contributed by atoms with E-state index in [1.54, 1.807) is 7.11 Å². The molecule has 1 aliphatic carbocycles. The Labute approximate surface area is 110 Å². The molecule has 2 rings (SSSR count). The molecule has 0 saturated heterocycles. The Bertz CT molecular complexity index is 367. The van der Waals surface area contributed by atoms with Crippen molar-refractivity contribution in [2.45, 2.75) is 44.3 Å². The second kappa shape index (κ2) is 6.76. The van der Waals surface area contributed by atoms with Crippen molar-refractivity contribution in [2.75, 3.05) is 14.2 Å². The van der Waals surface area contributed by atoms with E-state index >= 15 is 0 Å². The minimum Gasteiger partial charge on any atom is -0.497 e. The van der Waals surface area contributed by atoms with Gasteiger partial charge in [-0.25, -0.2) is 0 Å². The molecule has 1 saturated carbocycles. The van der Waals surface area contributed by atoms with E-state index in [4.69, 9.17) is 4.74 Å². The summed E-state index contributed by atoms with van der Waals surface area (Å²) in [5.41, 5.74) is 1.29. The summed E-state index contributed by atoms with van der Waals surface area (Å²) in [6, 6.07) is 9.49. The predicted octanol–water partition coefficient (Wildman–Crippen LogP) is 2.32. The van der Waals surface area contributed by atoms with Gasteiger partial charge in [-0.15, -0.1) is 0 Å². The fraction of sp³-hybridized carbons (Fsp3) is 0.600. The van der Waals surface area contributed by atoms with Crippen molar-refractivity contribution in [1.82, 2.24) is 10.6 Å². The lowest BCUT2D eigenvalue weighted by Gasteiger charge is -2.32. The Morgan fingerprint density at radius 3 is 2.72 bits per heavy atom. The van der Waals surface area contributed by atoms with Gasteiger partial charge in [0.25, 0.3) is 0 Å². The van der Waals surface area contributed by atoms with E-state index in [1.807, 2.05) is 12.1 Å². The lowest BCUT2D eigenvalue weighted by atomic mass is 9.90. The molecule has 3 nitrogen and oxygen atoms in total. The highest BCUT2D eigenvalue weighted by Crippen LogP contribution is 2.19. The van der Waals surface area contributed by atoms with Gasteiger partial charge in [0.1, 0.15) is 5.75 Å². The van der Waals surface area contributed by atoms with Gasteiger partial charge in [-0.05, 0) is 37.6 Å². The molecule has 1 aromatic rings. The van der Waals surface area contributed by atoms with Crippen LogP contribution in [0.3, 0.4) is 0 Å². The largest absolute Gasteiger partial charge is 0.497 e. The standard InChI is InChI=1S/C15H24N2O/c1-16-14-8-3-4-9-15(14)17-11-12-6-5-7-13(10-12)18-2/h5-7,10,14-17H,3-4,8-9,11H2,1-2H3. The molecule has 0 aliphatic heterocycles. The van der Waals surface area contributed by atoms with Gasteiger partial charge in [0.05, 0.1) is 7.11 Å². The average molecular weight is 248 g/mol. The van der Waals surface area contributed by atoms with Crippen molar-refractivity contribution in [3.8, 4) is 5.75 Å². The number of likely N-dealkylation sites (N-methyl/N-ethyl adjacent to an activating group) is 1. The zero-order valence-corrected chi connectivity index (χ0v) is 11.4. The number of hydrogen-bond donors (Lipinski definition) is 2. The summed E-state index contributed by atoms with van der Waals surface area (Å²) in [5, 5.41) is 7.10. The van der Waals surface area contributed by atoms with E-state index in [0.29, 0.717) is 12.1 Å². The van der Waals surface area contributed by atoms with E-state index in [0.717, 1.165) is 12.3 Å². The molecule has 1 fully saturated rings. The summed E-state index contributed by atoms with van der Waals surface area (Å²) < 4.78 is 5.25. The fourth-order valence-electron chi connectivity index (χ4n) is 2.75. The smallest absolute Gasteiger partial charge is 0.119 e. The lowest BCUT2D eigenvalue weighted by molar-refractivity contribution is 0.294. The Morgan fingerprint density at radius 2 is 2.00 bits per heavy atom. The number of rotatable bonds is 5. The zero-order chi connectivity index (χ0) is 12.8. The van der Waals surface area contributed by atoms with Gasteiger partial charge < -0.3 is 15.4 Å². The summed E-state index contributed by atoms with van der Waals surface area (Å²) in [7, 11) is 3.78. The van der Waals surface area contributed by atoms with Crippen molar-refractivity contribution < 1.29 is 4.74 Å². The summed E-state index contributed by atoms with van der Waals surface area (Å²) >= 11 is 0.